The van der Waals surface area contributed by atoms with Gasteiger partial charge in [0.25, 0.3) is 0 Å². The van der Waals surface area contributed by atoms with Gasteiger partial charge in [-0.15, -0.1) is 0 Å². The van der Waals surface area contributed by atoms with E-state index in [1.807, 2.05) is 54.7 Å². The molecule has 1 saturated heterocycles. The number of halogens is 1. The number of piperazine rings is 1. The number of nitrogens with zero attached hydrogens (tertiary/aromatic N) is 3. The number of methoxy groups -OCH3 is 1. The molecule has 0 amide bonds. The second-order valence-electron chi connectivity index (χ2n) is 7.65. The summed E-state index contributed by atoms with van der Waals surface area (Å²) in [6, 6.07) is 19.8. The number of aromatic nitrogens is 1. The van der Waals surface area contributed by atoms with Crippen molar-refractivity contribution in [1.82, 2.24) is 9.88 Å². The molecule has 0 atom stereocenters. The second-order valence-corrected chi connectivity index (χ2v) is 8.08. The van der Waals surface area contributed by atoms with E-state index in [1.165, 1.54) is 7.11 Å². The van der Waals surface area contributed by atoms with Crippen LogP contribution in [0.25, 0.3) is 11.1 Å². The van der Waals surface area contributed by atoms with Gasteiger partial charge < -0.3 is 14.4 Å². The number of anilines is 1. The Balaban J connectivity index is 1.51. The highest BCUT2D eigenvalue weighted by molar-refractivity contribution is 6.30. The normalized spacial score (nSPS) is 14.2. The fraction of sp³-hybridized carbons (Fsp3) is 0.280. The van der Waals surface area contributed by atoms with Crippen molar-refractivity contribution in [3.8, 4) is 16.9 Å². The molecule has 1 aromatic heterocycles. The first-order valence-electron chi connectivity index (χ1n) is 10.6. The van der Waals surface area contributed by atoms with Crippen LogP contribution in [0.5, 0.6) is 5.75 Å². The highest BCUT2D eigenvalue weighted by Gasteiger charge is 2.19. The third kappa shape index (κ3) is 5.58. The number of esters is 1. The molecule has 2 aromatic carbocycles. The molecule has 3 aromatic rings. The second kappa shape index (κ2) is 10.5. The highest BCUT2D eigenvalue weighted by atomic mass is 35.5. The minimum atomic E-state index is -0.406. The van der Waals surface area contributed by atoms with Gasteiger partial charge in [0.05, 0.1) is 7.11 Å². The van der Waals surface area contributed by atoms with Crippen LogP contribution in [0.4, 0.5) is 5.82 Å². The monoisotopic (exact) mass is 451 g/mol. The van der Waals surface area contributed by atoms with Gasteiger partial charge in [0.1, 0.15) is 11.6 Å². The summed E-state index contributed by atoms with van der Waals surface area (Å²) in [7, 11) is 1.35. The van der Waals surface area contributed by atoms with Crippen LogP contribution in [0.2, 0.25) is 5.02 Å². The van der Waals surface area contributed by atoms with Crippen molar-refractivity contribution in [1.29, 1.82) is 0 Å². The molecule has 0 spiro atoms. The molecule has 0 aliphatic carbocycles. The van der Waals surface area contributed by atoms with Crippen LogP contribution < -0.4 is 9.64 Å². The largest absolute Gasteiger partial charge is 0.482 e. The number of ether oxygens (including phenoxy) is 2. The molecule has 0 N–H and O–H groups in total. The summed E-state index contributed by atoms with van der Waals surface area (Å²) >= 11 is 6.25. The zero-order valence-electron chi connectivity index (χ0n) is 18.0. The maximum Gasteiger partial charge on any atom is 0.343 e. The molecular formula is C25H26ClN3O3. The fourth-order valence-corrected chi connectivity index (χ4v) is 4.04. The zero-order valence-corrected chi connectivity index (χ0v) is 18.8. The van der Waals surface area contributed by atoms with Crippen LogP contribution in [0, 0.1) is 0 Å². The quantitative estimate of drug-likeness (QED) is 0.500. The Morgan fingerprint density at radius 1 is 1.03 bits per heavy atom. The van der Waals surface area contributed by atoms with Gasteiger partial charge in [0.15, 0.2) is 6.61 Å². The summed E-state index contributed by atoms with van der Waals surface area (Å²) in [5.74, 6) is 1.25. The Morgan fingerprint density at radius 2 is 1.88 bits per heavy atom. The molecule has 0 bridgehead atoms. The fourth-order valence-electron chi connectivity index (χ4n) is 3.85. The van der Waals surface area contributed by atoms with Crippen LogP contribution >= 0.6 is 11.6 Å². The predicted molar refractivity (Wildman–Crippen MR) is 126 cm³/mol. The van der Waals surface area contributed by atoms with Gasteiger partial charge in [0, 0.05) is 43.9 Å². The minimum absolute atomic E-state index is 0.116. The molecular weight excluding hydrogens is 426 g/mol. The first-order valence-corrected chi connectivity index (χ1v) is 11.0. The first kappa shape index (κ1) is 22.1. The van der Waals surface area contributed by atoms with Gasteiger partial charge in [-0.05, 0) is 53.1 Å². The molecule has 32 heavy (non-hydrogen) atoms. The molecule has 0 unspecified atom stereocenters. The minimum Gasteiger partial charge on any atom is -0.482 e. The van der Waals surface area contributed by atoms with E-state index in [4.69, 9.17) is 16.3 Å². The summed E-state index contributed by atoms with van der Waals surface area (Å²) in [5.41, 5.74) is 3.28. The van der Waals surface area contributed by atoms with Gasteiger partial charge in [-0.3, -0.25) is 4.90 Å². The van der Waals surface area contributed by atoms with Crippen molar-refractivity contribution in [2.75, 3.05) is 44.8 Å². The molecule has 0 saturated carbocycles. The number of carbonyl (C=O) groups is 1. The van der Waals surface area contributed by atoms with E-state index in [-0.39, 0.29) is 6.61 Å². The predicted octanol–water partition coefficient (Wildman–Crippen LogP) is 4.28. The molecule has 166 valence electrons. The number of hydrogen-bond acceptors (Lipinski definition) is 6. The van der Waals surface area contributed by atoms with E-state index in [0.29, 0.717) is 10.8 Å². The third-order valence-corrected chi connectivity index (χ3v) is 5.77. The van der Waals surface area contributed by atoms with Crippen molar-refractivity contribution >= 4 is 23.4 Å². The topological polar surface area (TPSA) is 54.9 Å². The van der Waals surface area contributed by atoms with Gasteiger partial charge in [0.2, 0.25) is 0 Å². The van der Waals surface area contributed by atoms with Crippen LogP contribution in [0.3, 0.4) is 0 Å². The van der Waals surface area contributed by atoms with E-state index in [2.05, 4.69) is 31.7 Å². The highest BCUT2D eigenvalue weighted by Crippen LogP contribution is 2.30. The molecule has 2 heterocycles. The molecule has 4 rings (SSSR count). The van der Waals surface area contributed by atoms with Gasteiger partial charge in [-0.2, -0.15) is 0 Å². The Morgan fingerprint density at radius 3 is 2.59 bits per heavy atom. The Hall–Kier alpha value is -3.09. The standard InChI is InChI=1S/C25H26ClN3O3/c1-31-25(30)18-32-22-8-9-23(19-5-4-6-21(26)15-19)20(16-22)17-28-11-13-29(14-12-28)24-7-2-3-10-27-24/h2-10,15-16H,11-14,17-18H2,1H3. The average Bonchev–Trinajstić information content (AvgIpc) is 2.83. The summed E-state index contributed by atoms with van der Waals surface area (Å²) in [6.07, 6.45) is 1.83. The van der Waals surface area contributed by atoms with Crippen molar-refractivity contribution in [2.24, 2.45) is 0 Å². The first-order chi connectivity index (χ1) is 15.6. The van der Waals surface area contributed by atoms with E-state index in [9.17, 15) is 4.79 Å². The number of rotatable bonds is 7. The lowest BCUT2D eigenvalue weighted by Crippen LogP contribution is -2.46. The van der Waals surface area contributed by atoms with Crippen LogP contribution in [-0.2, 0) is 16.1 Å². The van der Waals surface area contributed by atoms with Crippen LogP contribution in [-0.4, -0.2) is 55.7 Å². The maximum absolute atomic E-state index is 11.5. The van der Waals surface area contributed by atoms with Crippen LogP contribution in [0.1, 0.15) is 5.56 Å². The molecule has 1 aliphatic rings. The SMILES string of the molecule is COC(=O)COc1ccc(-c2cccc(Cl)c2)c(CN2CCN(c3ccccn3)CC2)c1. The van der Waals surface area contributed by atoms with Gasteiger partial charge >= 0.3 is 5.97 Å². The summed E-state index contributed by atoms with van der Waals surface area (Å²) in [5, 5.41) is 0.698. The Labute approximate surface area is 193 Å². The average molecular weight is 452 g/mol. The number of benzene rings is 2. The Bertz CT molecular complexity index is 1050. The number of pyridine rings is 1. The number of hydrogen-bond donors (Lipinski definition) is 0. The van der Waals surface area contributed by atoms with E-state index in [1.54, 1.807) is 0 Å². The van der Waals surface area contributed by atoms with E-state index < -0.39 is 5.97 Å². The lowest BCUT2D eigenvalue weighted by molar-refractivity contribution is -0.142. The van der Waals surface area contributed by atoms with Gasteiger partial charge in [-0.25, -0.2) is 9.78 Å². The molecule has 1 aliphatic heterocycles. The molecule has 1 fully saturated rings. The zero-order chi connectivity index (χ0) is 22.3. The van der Waals surface area contributed by atoms with Crippen molar-refractivity contribution in [3.63, 3.8) is 0 Å². The smallest absolute Gasteiger partial charge is 0.343 e. The van der Waals surface area contributed by atoms with E-state index >= 15 is 0 Å². The molecule has 7 heteroatoms. The van der Waals surface area contributed by atoms with Crippen molar-refractivity contribution < 1.29 is 14.3 Å². The summed E-state index contributed by atoms with van der Waals surface area (Å²) in [6.45, 7) is 4.35. The Kier molecular flexibility index (Phi) is 7.24. The third-order valence-electron chi connectivity index (χ3n) is 5.54. The van der Waals surface area contributed by atoms with Gasteiger partial charge in [-0.1, -0.05) is 35.9 Å². The maximum atomic E-state index is 11.5. The van der Waals surface area contributed by atoms with E-state index in [0.717, 1.165) is 55.2 Å². The molecule has 6 nitrogen and oxygen atoms in total. The lowest BCUT2D eigenvalue weighted by atomic mass is 9.98. The molecule has 0 radical (unpaired) electrons. The summed E-state index contributed by atoms with van der Waals surface area (Å²) in [4.78, 5) is 20.7. The van der Waals surface area contributed by atoms with Crippen molar-refractivity contribution in [2.45, 2.75) is 6.54 Å². The summed E-state index contributed by atoms with van der Waals surface area (Å²) < 4.78 is 10.3. The lowest BCUT2D eigenvalue weighted by Gasteiger charge is -2.35. The van der Waals surface area contributed by atoms with Crippen molar-refractivity contribution in [3.05, 3.63) is 77.4 Å². The number of carbonyl (C=O) groups excluding carboxylic acids is 1. The van der Waals surface area contributed by atoms with Crippen LogP contribution in [0.15, 0.2) is 66.9 Å².